The van der Waals surface area contributed by atoms with E-state index < -0.39 is 0 Å². The molecular weight excluding hydrogens is 290 g/mol. The first-order valence-corrected chi connectivity index (χ1v) is 8.50. The van der Waals surface area contributed by atoms with Gasteiger partial charge in [-0.15, -0.1) is 11.3 Å². The van der Waals surface area contributed by atoms with Crippen LogP contribution in [0.3, 0.4) is 0 Å². The second-order valence-corrected chi connectivity index (χ2v) is 8.11. The normalized spacial score (nSPS) is 23.7. The summed E-state index contributed by atoms with van der Waals surface area (Å²) in [4.78, 5) is 6.26. The zero-order valence-corrected chi connectivity index (χ0v) is 14.5. The Kier molecular flexibility index (Phi) is 5.14. The third-order valence-electron chi connectivity index (χ3n) is 4.50. The molecule has 0 radical (unpaired) electrons. The van der Waals surface area contributed by atoms with Crippen molar-refractivity contribution in [3.63, 3.8) is 0 Å². The monoisotopic (exact) mass is 315 g/mol. The second kappa shape index (κ2) is 6.32. The van der Waals surface area contributed by atoms with Crippen LogP contribution in [0.4, 0.5) is 0 Å². The van der Waals surface area contributed by atoms with Gasteiger partial charge in [0, 0.05) is 36.1 Å². The lowest BCUT2D eigenvalue weighted by molar-refractivity contribution is 0.0104. The molecule has 1 aromatic rings. The van der Waals surface area contributed by atoms with Crippen LogP contribution in [0.2, 0.25) is 4.34 Å². The first-order valence-electron chi connectivity index (χ1n) is 7.31. The van der Waals surface area contributed by atoms with Crippen LogP contribution in [0.1, 0.15) is 38.1 Å². The average Bonchev–Trinajstić information content (AvgIpc) is 2.80. The van der Waals surface area contributed by atoms with Gasteiger partial charge in [-0.25, -0.2) is 0 Å². The van der Waals surface area contributed by atoms with Crippen LogP contribution in [0.25, 0.3) is 0 Å². The maximum absolute atomic E-state index is 6.42. The Balaban J connectivity index is 2.24. The molecule has 0 aromatic carbocycles. The van der Waals surface area contributed by atoms with Crippen molar-refractivity contribution < 1.29 is 0 Å². The molecule has 2 heterocycles. The molecule has 3 nitrogen and oxygen atoms in total. The van der Waals surface area contributed by atoms with Crippen molar-refractivity contribution in [3.8, 4) is 0 Å². The number of hydrogen-bond donors (Lipinski definition) is 1. The summed E-state index contributed by atoms with van der Waals surface area (Å²) in [6.07, 6.45) is 0.979. The highest BCUT2D eigenvalue weighted by Crippen LogP contribution is 2.35. The van der Waals surface area contributed by atoms with E-state index in [4.69, 9.17) is 17.3 Å². The van der Waals surface area contributed by atoms with Gasteiger partial charge in [0.05, 0.1) is 10.4 Å². The Hall–Kier alpha value is -0.130. The Morgan fingerprint density at radius 1 is 1.40 bits per heavy atom. The molecule has 2 N–H and O–H groups in total. The zero-order chi connectivity index (χ0) is 14.9. The SMILES string of the molecule is CCC(N)C(c1ccc(Cl)s1)N1CCN(C)C(C)(C)C1. The number of nitrogens with two attached hydrogens (primary N) is 1. The molecule has 0 bridgehead atoms. The summed E-state index contributed by atoms with van der Waals surface area (Å²) in [6, 6.07) is 4.56. The van der Waals surface area contributed by atoms with Gasteiger partial charge >= 0.3 is 0 Å². The largest absolute Gasteiger partial charge is 0.326 e. The minimum Gasteiger partial charge on any atom is -0.326 e. The number of likely N-dealkylation sites (N-methyl/N-ethyl adjacent to an activating group) is 1. The molecule has 2 atom stereocenters. The molecule has 2 rings (SSSR count). The number of rotatable bonds is 4. The fourth-order valence-electron chi connectivity index (χ4n) is 2.89. The Morgan fingerprint density at radius 2 is 2.10 bits per heavy atom. The van der Waals surface area contributed by atoms with E-state index in [1.165, 1.54) is 4.88 Å². The molecule has 1 aliphatic heterocycles. The molecule has 1 saturated heterocycles. The Labute approximate surface area is 131 Å². The van der Waals surface area contributed by atoms with E-state index in [9.17, 15) is 0 Å². The summed E-state index contributed by atoms with van der Waals surface area (Å²) < 4.78 is 0.849. The van der Waals surface area contributed by atoms with Gasteiger partial charge < -0.3 is 5.73 Å². The smallest absolute Gasteiger partial charge is 0.0931 e. The fourth-order valence-corrected chi connectivity index (χ4v) is 4.16. The van der Waals surface area contributed by atoms with E-state index in [1.807, 2.05) is 6.07 Å². The Morgan fingerprint density at radius 3 is 2.60 bits per heavy atom. The first-order chi connectivity index (χ1) is 9.35. The van der Waals surface area contributed by atoms with Gasteiger partial charge in [0.15, 0.2) is 0 Å². The van der Waals surface area contributed by atoms with Crippen molar-refractivity contribution in [1.82, 2.24) is 9.80 Å². The van der Waals surface area contributed by atoms with E-state index in [0.29, 0.717) is 0 Å². The van der Waals surface area contributed by atoms with E-state index in [0.717, 1.165) is 30.4 Å². The van der Waals surface area contributed by atoms with Crippen LogP contribution in [-0.4, -0.2) is 48.1 Å². The number of halogens is 1. The molecule has 0 aliphatic carbocycles. The molecule has 20 heavy (non-hydrogen) atoms. The standard InChI is InChI=1S/C15H26ClN3S/c1-5-11(17)14(12-6-7-13(16)20-12)19-9-8-18(4)15(2,3)10-19/h6-7,11,14H,5,8-10,17H2,1-4H3. The predicted molar refractivity (Wildman–Crippen MR) is 88.6 cm³/mol. The Bertz CT molecular complexity index is 446. The van der Waals surface area contributed by atoms with E-state index in [1.54, 1.807) is 11.3 Å². The maximum atomic E-state index is 6.42. The fraction of sp³-hybridized carbons (Fsp3) is 0.733. The van der Waals surface area contributed by atoms with Gasteiger partial charge in [0.25, 0.3) is 0 Å². The summed E-state index contributed by atoms with van der Waals surface area (Å²) in [5.74, 6) is 0. The molecule has 0 saturated carbocycles. The lowest BCUT2D eigenvalue weighted by atomic mass is 9.95. The van der Waals surface area contributed by atoms with Crippen molar-refractivity contribution in [2.45, 2.75) is 44.8 Å². The van der Waals surface area contributed by atoms with Crippen LogP contribution in [-0.2, 0) is 0 Å². The van der Waals surface area contributed by atoms with E-state index >= 15 is 0 Å². The average molecular weight is 316 g/mol. The van der Waals surface area contributed by atoms with Crippen LogP contribution in [0.15, 0.2) is 12.1 Å². The van der Waals surface area contributed by atoms with Crippen molar-refractivity contribution in [2.75, 3.05) is 26.7 Å². The zero-order valence-electron chi connectivity index (χ0n) is 12.9. The van der Waals surface area contributed by atoms with Crippen LogP contribution < -0.4 is 5.73 Å². The molecular formula is C15H26ClN3S. The minimum atomic E-state index is 0.156. The van der Waals surface area contributed by atoms with E-state index in [2.05, 4.69) is 43.7 Å². The topological polar surface area (TPSA) is 32.5 Å². The predicted octanol–water partition coefficient (Wildman–Crippen LogP) is 3.21. The highest BCUT2D eigenvalue weighted by atomic mass is 35.5. The molecule has 114 valence electrons. The molecule has 5 heteroatoms. The van der Waals surface area contributed by atoms with Crippen LogP contribution in [0.5, 0.6) is 0 Å². The summed E-state index contributed by atoms with van der Waals surface area (Å²) in [6.45, 7) is 9.95. The van der Waals surface area contributed by atoms with Gasteiger partial charge in [-0.3, -0.25) is 9.80 Å². The van der Waals surface area contributed by atoms with Crippen molar-refractivity contribution >= 4 is 22.9 Å². The molecule has 2 unspecified atom stereocenters. The van der Waals surface area contributed by atoms with E-state index in [-0.39, 0.29) is 17.6 Å². The summed E-state index contributed by atoms with van der Waals surface area (Å²) in [5.41, 5.74) is 6.61. The van der Waals surface area contributed by atoms with Gasteiger partial charge in [-0.1, -0.05) is 18.5 Å². The number of piperazine rings is 1. The summed E-state index contributed by atoms with van der Waals surface area (Å²) in [5, 5.41) is 0. The second-order valence-electron chi connectivity index (χ2n) is 6.36. The molecule has 0 spiro atoms. The molecule has 1 aliphatic rings. The molecule has 1 aromatic heterocycles. The third-order valence-corrected chi connectivity index (χ3v) is 5.80. The van der Waals surface area contributed by atoms with Crippen molar-refractivity contribution in [1.29, 1.82) is 0 Å². The van der Waals surface area contributed by atoms with Gasteiger partial charge in [-0.05, 0) is 39.4 Å². The lowest BCUT2D eigenvalue weighted by Crippen LogP contribution is -2.59. The highest BCUT2D eigenvalue weighted by Gasteiger charge is 2.36. The number of thiophene rings is 1. The molecule has 1 fully saturated rings. The number of nitrogens with zero attached hydrogens (tertiary/aromatic N) is 2. The van der Waals surface area contributed by atoms with Crippen LogP contribution in [0, 0.1) is 0 Å². The van der Waals surface area contributed by atoms with Crippen molar-refractivity contribution in [3.05, 3.63) is 21.3 Å². The van der Waals surface area contributed by atoms with Crippen molar-refractivity contribution in [2.24, 2.45) is 5.73 Å². The lowest BCUT2D eigenvalue weighted by Gasteiger charge is -2.48. The first kappa shape index (κ1) is 16.2. The highest BCUT2D eigenvalue weighted by molar-refractivity contribution is 7.16. The van der Waals surface area contributed by atoms with Gasteiger partial charge in [-0.2, -0.15) is 0 Å². The molecule has 0 amide bonds. The van der Waals surface area contributed by atoms with Gasteiger partial charge in [0.1, 0.15) is 0 Å². The summed E-state index contributed by atoms with van der Waals surface area (Å²) in [7, 11) is 2.20. The quantitative estimate of drug-likeness (QED) is 0.926. The number of hydrogen-bond acceptors (Lipinski definition) is 4. The van der Waals surface area contributed by atoms with Crippen LogP contribution >= 0.6 is 22.9 Å². The maximum Gasteiger partial charge on any atom is 0.0931 e. The third kappa shape index (κ3) is 3.37. The minimum absolute atomic E-state index is 0.156. The van der Waals surface area contributed by atoms with Gasteiger partial charge in [0.2, 0.25) is 0 Å². The summed E-state index contributed by atoms with van der Waals surface area (Å²) >= 11 is 7.79.